The number of carbonyl (C=O) groups is 1. The van der Waals surface area contributed by atoms with E-state index in [-0.39, 0.29) is 31.1 Å². The second-order valence-corrected chi connectivity index (χ2v) is 7.62. The minimum absolute atomic E-state index is 0.0195. The van der Waals surface area contributed by atoms with Crippen LogP contribution in [0.1, 0.15) is 24.0 Å². The third kappa shape index (κ3) is 4.94. The van der Waals surface area contributed by atoms with Crippen LogP contribution in [-0.4, -0.2) is 56.3 Å². The van der Waals surface area contributed by atoms with Gasteiger partial charge in [0.05, 0.1) is 20.3 Å². The van der Waals surface area contributed by atoms with Crippen LogP contribution in [-0.2, 0) is 16.2 Å². The summed E-state index contributed by atoms with van der Waals surface area (Å²) in [6, 6.07) is 8.54. The van der Waals surface area contributed by atoms with Gasteiger partial charge in [-0.05, 0) is 24.6 Å². The molecule has 0 spiro atoms. The molecule has 0 radical (unpaired) electrons. The van der Waals surface area contributed by atoms with Gasteiger partial charge < -0.3 is 29.3 Å². The fourth-order valence-corrected chi connectivity index (χ4v) is 4.02. The van der Waals surface area contributed by atoms with Gasteiger partial charge in [0.15, 0.2) is 5.84 Å². The van der Waals surface area contributed by atoms with Crippen molar-refractivity contribution in [1.29, 1.82) is 0 Å². The summed E-state index contributed by atoms with van der Waals surface area (Å²) < 4.78 is 45.5. The quantitative estimate of drug-likeness (QED) is 0.681. The lowest BCUT2D eigenvalue weighted by molar-refractivity contribution is 0.105. The van der Waals surface area contributed by atoms with Gasteiger partial charge in [-0.3, -0.25) is 0 Å². The van der Waals surface area contributed by atoms with E-state index in [9.17, 15) is 13.6 Å². The lowest BCUT2D eigenvalue weighted by atomic mass is 9.92. The Labute approximate surface area is 190 Å². The Balaban J connectivity index is 1.52. The molecule has 0 saturated carbocycles. The standard InChI is InChI=1S/C23H25F2N3O5/c1-3-31-16-10-18(24)20(19(25)11-16)17-12-28-8-9-33-27-22(28)21(17)26-23(29)32-13-14-4-6-15(30-2)7-5-14/h4-7,10-11,17,21H,3,8-9,12-13H2,1-2H3,(H,26,29)/t17-,21-/m0/s1. The van der Waals surface area contributed by atoms with Crippen molar-refractivity contribution in [2.45, 2.75) is 25.5 Å². The van der Waals surface area contributed by atoms with Crippen molar-refractivity contribution < 1.29 is 32.6 Å². The molecule has 1 fully saturated rings. The molecule has 0 bridgehead atoms. The molecule has 1 amide bonds. The van der Waals surface area contributed by atoms with Crippen LogP contribution in [0, 0.1) is 11.6 Å². The van der Waals surface area contributed by atoms with Crippen LogP contribution in [0.15, 0.2) is 41.6 Å². The number of alkyl carbamates (subject to hydrolysis) is 1. The SMILES string of the molecule is CCOc1cc(F)c([C@@H]2CN3CCON=C3[C@H]2NC(=O)OCc2ccc(OC)cc2)c(F)c1. The average Bonchev–Trinajstić information content (AvgIpc) is 3.15. The van der Waals surface area contributed by atoms with Gasteiger partial charge in [-0.1, -0.05) is 17.3 Å². The molecular formula is C23H25F2N3O5. The number of hydrogen-bond acceptors (Lipinski definition) is 7. The highest BCUT2D eigenvalue weighted by Crippen LogP contribution is 2.35. The van der Waals surface area contributed by atoms with Gasteiger partial charge in [-0.2, -0.15) is 0 Å². The molecule has 2 atom stereocenters. The molecule has 0 aromatic heterocycles. The minimum Gasteiger partial charge on any atom is -0.497 e. The molecule has 1 N–H and O–H groups in total. The van der Waals surface area contributed by atoms with E-state index in [1.54, 1.807) is 38.3 Å². The fourth-order valence-electron chi connectivity index (χ4n) is 4.02. The zero-order valence-electron chi connectivity index (χ0n) is 18.3. The molecule has 2 aliphatic rings. The van der Waals surface area contributed by atoms with Gasteiger partial charge in [0, 0.05) is 30.2 Å². The van der Waals surface area contributed by atoms with Crippen molar-refractivity contribution in [2.75, 3.05) is 33.4 Å². The average molecular weight is 461 g/mol. The summed E-state index contributed by atoms with van der Waals surface area (Å²) in [7, 11) is 1.56. The Morgan fingerprint density at radius 1 is 1.21 bits per heavy atom. The third-order valence-corrected chi connectivity index (χ3v) is 5.57. The number of benzene rings is 2. The summed E-state index contributed by atoms with van der Waals surface area (Å²) in [4.78, 5) is 19.6. The first-order valence-corrected chi connectivity index (χ1v) is 10.6. The number of amides is 1. The van der Waals surface area contributed by atoms with Crippen LogP contribution in [0.3, 0.4) is 0 Å². The first kappa shape index (κ1) is 22.6. The van der Waals surface area contributed by atoms with Crippen molar-refractivity contribution >= 4 is 11.9 Å². The van der Waals surface area contributed by atoms with Crippen molar-refractivity contribution in [2.24, 2.45) is 5.16 Å². The van der Waals surface area contributed by atoms with Gasteiger partial charge in [-0.15, -0.1) is 0 Å². The molecule has 176 valence electrons. The van der Waals surface area contributed by atoms with E-state index in [0.717, 1.165) is 17.7 Å². The van der Waals surface area contributed by atoms with Crippen LogP contribution in [0.25, 0.3) is 0 Å². The maximum atomic E-state index is 14.9. The van der Waals surface area contributed by atoms with Crippen molar-refractivity contribution in [1.82, 2.24) is 10.2 Å². The van der Waals surface area contributed by atoms with Gasteiger partial charge >= 0.3 is 6.09 Å². The number of methoxy groups -OCH3 is 1. The summed E-state index contributed by atoms with van der Waals surface area (Å²) in [5.41, 5.74) is 0.619. The molecule has 4 rings (SSSR count). The molecule has 8 nitrogen and oxygen atoms in total. The number of nitrogens with one attached hydrogen (secondary N) is 1. The molecule has 2 aromatic rings. The summed E-state index contributed by atoms with van der Waals surface area (Å²) in [6.07, 6.45) is -0.734. The number of fused-ring (bicyclic) bond motifs is 1. The van der Waals surface area contributed by atoms with Gasteiger partial charge in [0.2, 0.25) is 0 Å². The number of nitrogens with zero attached hydrogens (tertiary/aromatic N) is 2. The molecule has 33 heavy (non-hydrogen) atoms. The van der Waals surface area contributed by atoms with Crippen LogP contribution in [0.4, 0.5) is 13.6 Å². The highest BCUT2D eigenvalue weighted by Gasteiger charge is 2.44. The molecule has 10 heteroatoms. The fraction of sp³-hybridized carbons (Fsp3) is 0.391. The number of halogens is 2. The molecule has 1 saturated heterocycles. The normalized spacial score (nSPS) is 19.3. The molecule has 2 aromatic carbocycles. The molecule has 2 aliphatic heterocycles. The predicted molar refractivity (Wildman–Crippen MR) is 115 cm³/mol. The van der Waals surface area contributed by atoms with Crippen molar-refractivity contribution in [3.8, 4) is 11.5 Å². The second kappa shape index (κ2) is 9.93. The minimum atomic E-state index is -0.824. The van der Waals surface area contributed by atoms with Gasteiger partial charge in [0.25, 0.3) is 0 Å². The summed E-state index contributed by atoms with van der Waals surface area (Å²) in [5, 5.41) is 6.74. The summed E-state index contributed by atoms with van der Waals surface area (Å²) in [6.45, 7) is 3.15. The van der Waals surface area contributed by atoms with Gasteiger partial charge in [0.1, 0.15) is 42.4 Å². The largest absolute Gasteiger partial charge is 0.497 e. The van der Waals surface area contributed by atoms with Crippen LogP contribution in [0.5, 0.6) is 11.5 Å². The molecule has 0 unspecified atom stereocenters. The number of oxime groups is 1. The number of amidine groups is 1. The molecular weight excluding hydrogens is 436 g/mol. The van der Waals surface area contributed by atoms with E-state index in [0.29, 0.717) is 24.7 Å². The third-order valence-electron chi connectivity index (χ3n) is 5.57. The number of ether oxygens (including phenoxy) is 3. The Morgan fingerprint density at radius 2 is 1.94 bits per heavy atom. The van der Waals surface area contributed by atoms with E-state index in [2.05, 4.69) is 10.5 Å². The number of carbonyl (C=O) groups excluding carboxylic acids is 1. The summed E-state index contributed by atoms with van der Waals surface area (Å²) in [5.74, 6) is -1.02. The van der Waals surface area contributed by atoms with Gasteiger partial charge in [-0.25, -0.2) is 13.6 Å². The second-order valence-electron chi connectivity index (χ2n) is 7.62. The lowest BCUT2D eigenvalue weighted by Gasteiger charge is -2.24. The highest BCUT2D eigenvalue weighted by molar-refractivity contribution is 5.93. The number of rotatable bonds is 7. The van der Waals surface area contributed by atoms with Crippen LogP contribution >= 0.6 is 0 Å². The molecule has 2 heterocycles. The van der Waals surface area contributed by atoms with E-state index >= 15 is 0 Å². The van der Waals surface area contributed by atoms with Crippen molar-refractivity contribution in [3.63, 3.8) is 0 Å². The van der Waals surface area contributed by atoms with Crippen LogP contribution in [0.2, 0.25) is 0 Å². The maximum absolute atomic E-state index is 14.9. The molecule has 0 aliphatic carbocycles. The Kier molecular flexibility index (Phi) is 6.81. The van der Waals surface area contributed by atoms with Crippen molar-refractivity contribution in [3.05, 3.63) is 59.2 Å². The van der Waals surface area contributed by atoms with E-state index in [4.69, 9.17) is 19.0 Å². The van der Waals surface area contributed by atoms with Crippen LogP contribution < -0.4 is 14.8 Å². The van der Waals surface area contributed by atoms with E-state index < -0.39 is 29.7 Å². The topological polar surface area (TPSA) is 81.6 Å². The zero-order valence-corrected chi connectivity index (χ0v) is 18.3. The van der Waals surface area contributed by atoms with E-state index in [1.165, 1.54) is 0 Å². The zero-order chi connectivity index (χ0) is 23.4. The Bertz CT molecular complexity index is 1010. The monoisotopic (exact) mass is 461 g/mol. The Hall–Kier alpha value is -3.56. The lowest BCUT2D eigenvalue weighted by Crippen LogP contribution is -2.45. The number of hydrogen-bond donors (Lipinski definition) is 1. The Morgan fingerprint density at radius 3 is 2.61 bits per heavy atom. The first-order chi connectivity index (χ1) is 16.0. The smallest absolute Gasteiger partial charge is 0.408 e. The maximum Gasteiger partial charge on any atom is 0.408 e. The summed E-state index contributed by atoms with van der Waals surface area (Å²) >= 11 is 0. The van der Waals surface area contributed by atoms with E-state index in [1.807, 2.05) is 4.90 Å². The highest BCUT2D eigenvalue weighted by atomic mass is 19.1. The first-order valence-electron chi connectivity index (χ1n) is 10.6. The predicted octanol–water partition coefficient (Wildman–Crippen LogP) is 3.41.